The van der Waals surface area contributed by atoms with Crippen molar-refractivity contribution in [3.05, 3.63) is 30.3 Å². The lowest BCUT2D eigenvalue weighted by Crippen LogP contribution is -2.13. The largest absolute Gasteiger partial charge is 0.357 e. The van der Waals surface area contributed by atoms with E-state index >= 15 is 0 Å². The van der Waals surface area contributed by atoms with E-state index in [9.17, 15) is 0 Å². The van der Waals surface area contributed by atoms with E-state index in [1.165, 1.54) is 11.5 Å². The molecule has 0 saturated heterocycles. The maximum Gasteiger partial charge on any atom is 0.203 e. The minimum absolute atomic E-state index is 0.0940. The second kappa shape index (κ2) is 5.41. The molecule has 1 heterocycles. The molecule has 0 aliphatic heterocycles. The first-order valence-corrected chi connectivity index (χ1v) is 6.09. The Kier molecular flexibility index (Phi) is 3.68. The van der Waals surface area contributed by atoms with E-state index in [0.717, 1.165) is 16.5 Å². The van der Waals surface area contributed by atoms with Gasteiger partial charge in [-0.15, -0.1) is 0 Å². The van der Waals surface area contributed by atoms with Crippen molar-refractivity contribution in [1.82, 2.24) is 9.36 Å². The van der Waals surface area contributed by atoms with Crippen molar-refractivity contribution >= 4 is 16.7 Å². The minimum atomic E-state index is 0.0940. The highest BCUT2D eigenvalue weighted by atomic mass is 32.1. The highest BCUT2D eigenvalue weighted by molar-refractivity contribution is 7.09. The number of nitrogens with one attached hydrogen (secondary N) is 1. The van der Waals surface area contributed by atoms with Crippen LogP contribution in [0.2, 0.25) is 0 Å². The van der Waals surface area contributed by atoms with Gasteiger partial charge in [-0.05, 0) is 6.92 Å². The topological polar surface area (TPSA) is 61.6 Å². The summed E-state index contributed by atoms with van der Waals surface area (Å²) < 4.78 is 4.28. The van der Waals surface area contributed by atoms with Crippen LogP contribution in [0.3, 0.4) is 0 Å². The first-order valence-electron chi connectivity index (χ1n) is 5.32. The highest BCUT2D eigenvalue weighted by Gasteiger charge is 2.08. The Balaban J connectivity index is 2.09. The molecule has 0 saturated carbocycles. The van der Waals surface area contributed by atoms with Gasteiger partial charge in [0.1, 0.15) is 0 Å². The molecule has 5 heteroatoms. The maximum absolute atomic E-state index is 8.58. The molecule has 1 atom stereocenters. The van der Waals surface area contributed by atoms with E-state index < -0.39 is 0 Å². The van der Waals surface area contributed by atoms with Crippen molar-refractivity contribution in [1.29, 1.82) is 5.26 Å². The standard InChI is InChI=1S/C12H12N4S/c1-9(7-8-13)14-12-15-11(16-17-12)10-5-3-2-4-6-10/h2-6,9H,7H2,1H3,(H,14,15,16). The van der Waals surface area contributed by atoms with Crippen molar-refractivity contribution < 1.29 is 0 Å². The summed E-state index contributed by atoms with van der Waals surface area (Å²) in [5.74, 6) is 0.724. The first-order chi connectivity index (χ1) is 8.29. The summed E-state index contributed by atoms with van der Waals surface area (Å²) >= 11 is 1.32. The predicted molar refractivity (Wildman–Crippen MR) is 68.7 cm³/mol. The normalized spacial score (nSPS) is 11.8. The van der Waals surface area contributed by atoms with Crippen LogP contribution in [-0.2, 0) is 0 Å². The number of hydrogen-bond donors (Lipinski definition) is 1. The molecule has 17 heavy (non-hydrogen) atoms. The van der Waals surface area contributed by atoms with Gasteiger partial charge in [0.2, 0.25) is 5.13 Å². The molecule has 1 N–H and O–H groups in total. The van der Waals surface area contributed by atoms with Gasteiger partial charge in [0.25, 0.3) is 0 Å². The Bertz CT molecular complexity index is 515. The Hall–Kier alpha value is -1.93. The van der Waals surface area contributed by atoms with Crippen LogP contribution in [-0.4, -0.2) is 15.4 Å². The van der Waals surface area contributed by atoms with Gasteiger partial charge in [0.05, 0.1) is 12.5 Å². The first kappa shape index (κ1) is 11.6. The summed E-state index contributed by atoms with van der Waals surface area (Å²) in [6, 6.07) is 12.1. The van der Waals surface area contributed by atoms with Crippen molar-refractivity contribution in [2.75, 3.05) is 5.32 Å². The van der Waals surface area contributed by atoms with Crippen LogP contribution in [0.1, 0.15) is 13.3 Å². The SMILES string of the molecule is CC(CC#N)Nc1nc(-c2ccccc2)ns1. The third-order valence-electron chi connectivity index (χ3n) is 2.23. The van der Waals surface area contributed by atoms with Crippen molar-refractivity contribution in [2.45, 2.75) is 19.4 Å². The van der Waals surface area contributed by atoms with Crippen molar-refractivity contribution in [2.24, 2.45) is 0 Å². The molecule has 1 aromatic carbocycles. The third kappa shape index (κ3) is 3.02. The molecule has 4 nitrogen and oxygen atoms in total. The monoisotopic (exact) mass is 244 g/mol. The van der Waals surface area contributed by atoms with Crippen molar-refractivity contribution in [3.63, 3.8) is 0 Å². The molecule has 0 radical (unpaired) electrons. The fourth-order valence-corrected chi connectivity index (χ4v) is 2.09. The Morgan fingerprint density at radius 3 is 2.88 bits per heavy atom. The van der Waals surface area contributed by atoms with E-state index in [1.54, 1.807) is 0 Å². The van der Waals surface area contributed by atoms with Crippen LogP contribution in [0.4, 0.5) is 5.13 Å². The molecule has 0 fully saturated rings. The fraction of sp³-hybridized carbons (Fsp3) is 0.250. The second-order valence-corrected chi connectivity index (χ2v) is 4.45. The molecular formula is C12H12N4S. The lowest BCUT2D eigenvalue weighted by molar-refractivity contribution is 0.819. The van der Waals surface area contributed by atoms with Crippen LogP contribution >= 0.6 is 11.5 Å². The molecule has 0 bridgehead atoms. The number of nitriles is 1. The summed E-state index contributed by atoms with van der Waals surface area (Å²) in [5.41, 5.74) is 1.00. The van der Waals surface area contributed by atoms with Gasteiger partial charge in [-0.25, -0.2) is 0 Å². The number of hydrogen-bond acceptors (Lipinski definition) is 5. The van der Waals surface area contributed by atoms with Crippen LogP contribution in [0.15, 0.2) is 30.3 Å². The summed E-state index contributed by atoms with van der Waals surface area (Å²) in [7, 11) is 0. The molecule has 0 amide bonds. The van der Waals surface area contributed by atoms with Gasteiger partial charge >= 0.3 is 0 Å². The van der Waals surface area contributed by atoms with Crippen LogP contribution in [0.25, 0.3) is 11.4 Å². The summed E-state index contributed by atoms with van der Waals surface area (Å²) in [6.45, 7) is 1.95. The molecule has 0 aliphatic carbocycles. The van der Waals surface area contributed by atoms with Gasteiger partial charge < -0.3 is 5.32 Å². The molecule has 2 aromatic rings. The predicted octanol–water partition coefficient (Wildman–Crippen LogP) is 2.92. The smallest absolute Gasteiger partial charge is 0.203 e. The fourth-order valence-electron chi connectivity index (χ4n) is 1.39. The van der Waals surface area contributed by atoms with Gasteiger partial charge in [-0.1, -0.05) is 30.3 Å². The van der Waals surface area contributed by atoms with Crippen LogP contribution < -0.4 is 5.32 Å². The maximum atomic E-state index is 8.58. The van der Waals surface area contributed by atoms with E-state index in [0.29, 0.717) is 6.42 Å². The van der Waals surface area contributed by atoms with Gasteiger partial charge in [0, 0.05) is 23.1 Å². The minimum Gasteiger partial charge on any atom is -0.357 e. The zero-order valence-electron chi connectivity index (χ0n) is 9.42. The number of rotatable bonds is 4. The number of nitrogens with zero attached hydrogens (tertiary/aromatic N) is 3. The summed E-state index contributed by atoms with van der Waals surface area (Å²) in [5, 5.41) is 12.5. The van der Waals surface area contributed by atoms with E-state index in [2.05, 4.69) is 20.7 Å². The average Bonchev–Trinajstić information content (AvgIpc) is 2.79. The number of anilines is 1. The highest BCUT2D eigenvalue weighted by Crippen LogP contribution is 2.21. The Morgan fingerprint density at radius 1 is 1.41 bits per heavy atom. The lowest BCUT2D eigenvalue weighted by Gasteiger charge is -2.06. The second-order valence-electron chi connectivity index (χ2n) is 3.70. The van der Waals surface area contributed by atoms with E-state index in [4.69, 9.17) is 5.26 Å². The third-order valence-corrected chi connectivity index (χ3v) is 2.87. The quantitative estimate of drug-likeness (QED) is 0.898. The van der Waals surface area contributed by atoms with Crippen molar-refractivity contribution in [3.8, 4) is 17.5 Å². The molecular weight excluding hydrogens is 232 g/mol. The summed E-state index contributed by atoms with van der Waals surface area (Å²) in [6.07, 6.45) is 0.459. The lowest BCUT2D eigenvalue weighted by atomic mass is 10.2. The molecule has 1 unspecified atom stereocenters. The Labute approximate surface area is 104 Å². The molecule has 1 aromatic heterocycles. The zero-order chi connectivity index (χ0) is 12.1. The Morgan fingerprint density at radius 2 is 2.18 bits per heavy atom. The molecule has 86 valence electrons. The zero-order valence-corrected chi connectivity index (χ0v) is 10.2. The number of benzene rings is 1. The number of aromatic nitrogens is 2. The van der Waals surface area contributed by atoms with Gasteiger partial charge in [0.15, 0.2) is 5.82 Å². The average molecular weight is 244 g/mol. The van der Waals surface area contributed by atoms with Crippen LogP contribution in [0, 0.1) is 11.3 Å². The van der Waals surface area contributed by atoms with Crippen LogP contribution in [0.5, 0.6) is 0 Å². The van der Waals surface area contributed by atoms with E-state index in [1.807, 2.05) is 37.3 Å². The summed E-state index contributed by atoms with van der Waals surface area (Å²) in [4.78, 5) is 4.39. The van der Waals surface area contributed by atoms with Gasteiger partial charge in [-0.2, -0.15) is 14.6 Å². The molecule has 0 spiro atoms. The molecule has 0 aliphatic rings. The van der Waals surface area contributed by atoms with Gasteiger partial charge in [-0.3, -0.25) is 0 Å². The molecule has 2 rings (SSSR count). The van der Waals surface area contributed by atoms with E-state index in [-0.39, 0.29) is 6.04 Å².